The lowest BCUT2D eigenvalue weighted by atomic mass is 10.2. The summed E-state index contributed by atoms with van der Waals surface area (Å²) in [6.45, 7) is 0. The van der Waals surface area contributed by atoms with E-state index in [0.717, 1.165) is 10.0 Å². The molecule has 0 aliphatic rings. The standard InChI is InChI=1S/C15H11BrN2O4S/c1-20-14(19)12-10(5-6-21-12)8-23-15-18-17-13(22-15)9-3-2-4-11(16)7-9/h2-7H,8H2,1H3. The van der Waals surface area contributed by atoms with Gasteiger partial charge in [0.05, 0.1) is 13.4 Å². The fourth-order valence-corrected chi connectivity index (χ4v) is 3.01. The number of methoxy groups -OCH3 is 1. The zero-order valence-corrected chi connectivity index (χ0v) is 14.4. The van der Waals surface area contributed by atoms with E-state index < -0.39 is 5.97 Å². The quantitative estimate of drug-likeness (QED) is 0.474. The average molecular weight is 395 g/mol. The van der Waals surface area contributed by atoms with Crippen LogP contribution in [0.2, 0.25) is 0 Å². The van der Waals surface area contributed by atoms with Crippen LogP contribution in [0.1, 0.15) is 16.1 Å². The van der Waals surface area contributed by atoms with Gasteiger partial charge in [0.25, 0.3) is 5.22 Å². The molecule has 0 aliphatic carbocycles. The molecule has 0 bridgehead atoms. The molecule has 0 amide bonds. The van der Waals surface area contributed by atoms with Gasteiger partial charge in [0.15, 0.2) is 0 Å². The average Bonchev–Trinajstić information content (AvgIpc) is 3.21. The molecule has 23 heavy (non-hydrogen) atoms. The van der Waals surface area contributed by atoms with E-state index in [-0.39, 0.29) is 5.76 Å². The van der Waals surface area contributed by atoms with E-state index in [1.54, 1.807) is 6.07 Å². The van der Waals surface area contributed by atoms with E-state index in [2.05, 4.69) is 30.9 Å². The minimum atomic E-state index is -0.508. The second kappa shape index (κ2) is 7.01. The van der Waals surface area contributed by atoms with E-state index in [4.69, 9.17) is 8.83 Å². The van der Waals surface area contributed by atoms with Crippen molar-refractivity contribution >= 4 is 33.7 Å². The van der Waals surface area contributed by atoms with Crippen molar-refractivity contribution in [2.45, 2.75) is 11.0 Å². The van der Waals surface area contributed by atoms with Crippen LogP contribution >= 0.6 is 27.7 Å². The lowest BCUT2D eigenvalue weighted by Gasteiger charge is -1.98. The summed E-state index contributed by atoms with van der Waals surface area (Å²) < 4.78 is 16.4. The lowest BCUT2D eigenvalue weighted by molar-refractivity contribution is 0.0564. The molecule has 0 fully saturated rings. The molecule has 2 aromatic heterocycles. The van der Waals surface area contributed by atoms with Crippen LogP contribution in [0.3, 0.4) is 0 Å². The van der Waals surface area contributed by atoms with E-state index in [0.29, 0.717) is 22.4 Å². The van der Waals surface area contributed by atoms with Crippen molar-refractivity contribution in [3.63, 3.8) is 0 Å². The number of ether oxygens (including phenoxy) is 1. The van der Waals surface area contributed by atoms with Gasteiger partial charge in [-0.1, -0.05) is 33.8 Å². The summed E-state index contributed by atoms with van der Waals surface area (Å²) in [4.78, 5) is 11.5. The Balaban J connectivity index is 1.71. The van der Waals surface area contributed by atoms with Crippen LogP contribution in [-0.4, -0.2) is 23.3 Å². The van der Waals surface area contributed by atoms with E-state index in [9.17, 15) is 4.79 Å². The Morgan fingerprint density at radius 3 is 3.00 bits per heavy atom. The zero-order chi connectivity index (χ0) is 16.2. The van der Waals surface area contributed by atoms with Crippen molar-refractivity contribution in [1.82, 2.24) is 10.2 Å². The van der Waals surface area contributed by atoms with Crippen LogP contribution in [0.15, 0.2) is 55.1 Å². The fourth-order valence-electron chi connectivity index (χ4n) is 1.87. The summed E-state index contributed by atoms with van der Waals surface area (Å²) in [6.07, 6.45) is 1.45. The van der Waals surface area contributed by atoms with Gasteiger partial charge in [0.2, 0.25) is 11.7 Å². The number of carbonyl (C=O) groups excluding carboxylic acids is 1. The van der Waals surface area contributed by atoms with E-state index in [1.807, 2.05) is 24.3 Å². The van der Waals surface area contributed by atoms with Crippen molar-refractivity contribution in [2.75, 3.05) is 7.11 Å². The van der Waals surface area contributed by atoms with Crippen LogP contribution in [-0.2, 0) is 10.5 Å². The minimum absolute atomic E-state index is 0.187. The van der Waals surface area contributed by atoms with Crippen molar-refractivity contribution < 1.29 is 18.4 Å². The Labute approximate surface area is 144 Å². The summed E-state index contributed by atoms with van der Waals surface area (Å²) in [6, 6.07) is 9.31. The molecule has 1 aromatic carbocycles. The molecule has 3 aromatic rings. The topological polar surface area (TPSA) is 78.4 Å². The summed E-state index contributed by atoms with van der Waals surface area (Å²) in [5.41, 5.74) is 1.54. The highest BCUT2D eigenvalue weighted by Gasteiger charge is 2.17. The van der Waals surface area contributed by atoms with Gasteiger partial charge in [0.1, 0.15) is 0 Å². The van der Waals surface area contributed by atoms with E-state index in [1.165, 1.54) is 25.1 Å². The van der Waals surface area contributed by atoms with Crippen LogP contribution < -0.4 is 0 Å². The first kappa shape index (κ1) is 15.8. The van der Waals surface area contributed by atoms with Crippen molar-refractivity contribution in [1.29, 1.82) is 0 Å². The highest BCUT2D eigenvalue weighted by molar-refractivity contribution is 9.10. The monoisotopic (exact) mass is 394 g/mol. The number of nitrogens with zero attached hydrogens (tertiary/aromatic N) is 2. The number of furan rings is 1. The summed E-state index contributed by atoms with van der Waals surface area (Å²) in [5, 5.41) is 8.44. The van der Waals surface area contributed by atoms with Crippen LogP contribution in [0.5, 0.6) is 0 Å². The van der Waals surface area contributed by atoms with Gasteiger partial charge in [-0.2, -0.15) is 0 Å². The van der Waals surface area contributed by atoms with Crippen molar-refractivity contribution in [3.8, 4) is 11.5 Å². The molecule has 0 saturated heterocycles. The first-order valence-corrected chi connectivity index (χ1v) is 8.32. The normalized spacial score (nSPS) is 10.7. The number of halogens is 1. The predicted octanol–water partition coefficient (Wildman–Crippen LogP) is 4.17. The SMILES string of the molecule is COC(=O)c1occc1CSc1nnc(-c2cccc(Br)c2)o1. The van der Waals surface area contributed by atoms with Gasteiger partial charge >= 0.3 is 5.97 Å². The number of hydrogen-bond donors (Lipinski definition) is 0. The molecular formula is C15H11BrN2O4S. The first-order chi connectivity index (χ1) is 11.2. The number of benzene rings is 1. The van der Waals surface area contributed by atoms with Crippen LogP contribution in [0, 0.1) is 0 Å². The largest absolute Gasteiger partial charge is 0.463 e. The molecule has 2 heterocycles. The second-order valence-corrected chi connectivity index (χ2v) is 6.28. The molecule has 6 nitrogen and oxygen atoms in total. The number of aromatic nitrogens is 2. The maximum Gasteiger partial charge on any atom is 0.374 e. The molecule has 0 atom stereocenters. The molecule has 0 aliphatic heterocycles. The molecule has 0 unspecified atom stereocenters. The molecule has 0 saturated carbocycles. The summed E-state index contributed by atoms with van der Waals surface area (Å²) in [7, 11) is 1.31. The third kappa shape index (κ3) is 3.65. The Morgan fingerprint density at radius 1 is 1.35 bits per heavy atom. The van der Waals surface area contributed by atoms with Gasteiger partial charge in [-0.25, -0.2) is 4.79 Å². The van der Waals surface area contributed by atoms with Gasteiger partial charge < -0.3 is 13.6 Å². The Bertz CT molecular complexity index is 830. The number of rotatable bonds is 5. The van der Waals surface area contributed by atoms with Crippen molar-refractivity contribution in [3.05, 3.63) is 52.4 Å². The maximum atomic E-state index is 11.5. The highest BCUT2D eigenvalue weighted by atomic mass is 79.9. The number of hydrogen-bond acceptors (Lipinski definition) is 7. The lowest BCUT2D eigenvalue weighted by Crippen LogP contribution is -2.02. The molecular weight excluding hydrogens is 384 g/mol. The molecule has 8 heteroatoms. The van der Waals surface area contributed by atoms with Crippen LogP contribution in [0.25, 0.3) is 11.5 Å². The smallest absolute Gasteiger partial charge is 0.374 e. The second-order valence-electron chi connectivity index (χ2n) is 4.44. The van der Waals surface area contributed by atoms with Crippen molar-refractivity contribution in [2.24, 2.45) is 0 Å². The highest BCUT2D eigenvalue weighted by Crippen LogP contribution is 2.28. The predicted molar refractivity (Wildman–Crippen MR) is 87.0 cm³/mol. The van der Waals surface area contributed by atoms with E-state index >= 15 is 0 Å². The molecule has 0 N–H and O–H groups in total. The number of carbonyl (C=O) groups is 1. The summed E-state index contributed by atoms with van der Waals surface area (Å²) in [5.74, 6) is 0.577. The molecule has 3 rings (SSSR count). The molecule has 0 spiro atoms. The molecule has 0 radical (unpaired) electrons. The van der Waals surface area contributed by atoms with Gasteiger partial charge in [-0.3, -0.25) is 0 Å². The molecule has 118 valence electrons. The number of esters is 1. The summed E-state index contributed by atoms with van der Waals surface area (Å²) >= 11 is 4.72. The maximum absolute atomic E-state index is 11.5. The Kier molecular flexibility index (Phi) is 4.82. The van der Waals surface area contributed by atoms with Gasteiger partial charge in [0, 0.05) is 21.4 Å². The zero-order valence-electron chi connectivity index (χ0n) is 12.0. The third-order valence-electron chi connectivity index (χ3n) is 2.95. The Hall–Kier alpha value is -2.06. The third-order valence-corrected chi connectivity index (χ3v) is 4.31. The Morgan fingerprint density at radius 2 is 2.22 bits per heavy atom. The first-order valence-electron chi connectivity index (χ1n) is 6.54. The number of thioether (sulfide) groups is 1. The fraction of sp³-hybridized carbons (Fsp3) is 0.133. The van der Waals surface area contributed by atoms with Gasteiger partial charge in [-0.15, -0.1) is 10.2 Å². The van der Waals surface area contributed by atoms with Gasteiger partial charge in [-0.05, 0) is 24.3 Å². The minimum Gasteiger partial charge on any atom is -0.463 e. The van der Waals surface area contributed by atoms with Crippen LogP contribution in [0.4, 0.5) is 0 Å².